The van der Waals surface area contributed by atoms with E-state index in [1.807, 2.05) is 42.5 Å². The van der Waals surface area contributed by atoms with Gasteiger partial charge in [-0.15, -0.1) is 10.2 Å². The fourth-order valence-corrected chi connectivity index (χ4v) is 8.03. The summed E-state index contributed by atoms with van der Waals surface area (Å²) in [6.45, 7) is 2.33. The Morgan fingerprint density at radius 1 is 0.537 bits per heavy atom. The molecule has 0 radical (unpaired) electrons. The van der Waals surface area contributed by atoms with E-state index in [0.29, 0.717) is 11.8 Å². The van der Waals surface area contributed by atoms with E-state index in [-0.39, 0.29) is 5.54 Å². The van der Waals surface area contributed by atoms with Gasteiger partial charge in [0.25, 0.3) is 0 Å². The Morgan fingerprint density at radius 2 is 1.17 bits per heavy atom. The lowest BCUT2D eigenvalue weighted by Gasteiger charge is -2.31. The Morgan fingerprint density at radius 3 is 1.94 bits per heavy atom. The number of allylic oxidation sites excluding steroid dienone is 4. The zero-order chi connectivity index (χ0) is 36.1. The summed E-state index contributed by atoms with van der Waals surface area (Å²) < 4.78 is 8.74. The molecule has 2 heterocycles. The molecule has 9 aromatic rings. The number of anilines is 3. The largest absolute Gasteiger partial charge is 0.416 e. The van der Waals surface area contributed by atoms with Gasteiger partial charge < -0.3 is 13.9 Å². The topological polar surface area (TPSA) is 47.1 Å². The first-order valence-corrected chi connectivity index (χ1v) is 18.4. The third kappa shape index (κ3) is 5.41. The zero-order valence-corrected chi connectivity index (χ0v) is 29.8. The minimum absolute atomic E-state index is 0.121. The molecule has 1 unspecified atom stereocenters. The Balaban J connectivity index is 0.977. The predicted molar refractivity (Wildman–Crippen MR) is 222 cm³/mol. The number of nitrogens with zero attached hydrogens (tertiary/aromatic N) is 4. The fraction of sp³-hybridized carbons (Fsp3) is 0.0612. The molecule has 1 aliphatic rings. The summed E-state index contributed by atoms with van der Waals surface area (Å²) in [6.07, 6.45) is 9.87. The molecular formula is C49H36N4O. The van der Waals surface area contributed by atoms with Crippen LogP contribution in [0.25, 0.3) is 66.6 Å². The van der Waals surface area contributed by atoms with Crippen LogP contribution in [0.3, 0.4) is 0 Å². The molecule has 0 spiro atoms. The third-order valence-corrected chi connectivity index (χ3v) is 10.7. The second kappa shape index (κ2) is 12.9. The van der Waals surface area contributed by atoms with Gasteiger partial charge in [0.05, 0.1) is 5.54 Å². The lowest BCUT2D eigenvalue weighted by atomic mass is 9.92. The van der Waals surface area contributed by atoms with E-state index in [9.17, 15) is 0 Å². The molecule has 2 aromatic heterocycles. The quantitative estimate of drug-likeness (QED) is 0.166. The summed E-state index contributed by atoms with van der Waals surface area (Å²) >= 11 is 0. The van der Waals surface area contributed by atoms with Crippen LogP contribution < -0.4 is 4.90 Å². The first-order chi connectivity index (χ1) is 26.6. The van der Waals surface area contributed by atoms with Crippen molar-refractivity contribution in [3.05, 3.63) is 188 Å². The highest BCUT2D eigenvalue weighted by Crippen LogP contribution is 2.41. The molecule has 5 nitrogen and oxygen atoms in total. The average molecular weight is 697 g/mol. The Bertz CT molecular complexity index is 2860. The maximum Gasteiger partial charge on any atom is 0.248 e. The Hall–Kier alpha value is -6.98. The van der Waals surface area contributed by atoms with E-state index in [1.54, 1.807) is 0 Å². The standard InChI is InChI=1S/C49H36N4O/c1-49(31-10-3-11-32-49)53-45-20-9-8-18-42(45)44-33-37(25-30-46(44)53)34-21-26-39(27-22-34)52(38-15-4-2-5-16-38)40-28-23-36(24-29-40)47-50-51-48(54-47)43-19-12-14-35-13-6-7-17-41(35)43/h2-31,33H,32H2,1H3. The van der Waals surface area contributed by atoms with Crippen molar-refractivity contribution < 1.29 is 4.42 Å². The lowest BCUT2D eigenvalue weighted by Crippen LogP contribution is -2.27. The van der Waals surface area contributed by atoms with E-state index in [4.69, 9.17) is 4.42 Å². The number of hydrogen-bond donors (Lipinski definition) is 0. The van der Waals surface area contributed by atoms with Crippen molar-refractivity contribution in [1.29, 1.82) is 0 Å². The van der Waals surface area contributed by atoms with Crippen LogP contribution in [-0.2, 0) is 5.54 Å². The van der Waals surface area contributed by atoms with E-state index >= 15 is 0 Å². The molecular weight excluding hydrogens is 661 g/mol. The van der Waals surface area contributed by atoms with Gasteiger partial charge in [-0.1, -0.05) is 115 Å². The smallest absolute Gasteiger partial charge is 0.248 e. The molecule has 1 atom stereocenters. The summed E-state index contributed by atoms with van der Waals surface area (Å²) in [5.74, 6) is 0.996. The van der Waals surface area contributed by atoms with Crippen molar-refractivity contribution in [3.8, 4) is 34.0 Å². The normalized spacial score (nSPS) is 15.4. The minimum atomic E-state index is -0.121. The van der Waals surface area contributed by atoms with Crippen molar-refractivity contribution in [3.63, 3.8) is 0 Å². The van der Waals surface area contributed by atoms with Gasteiger partial charge in [0.2, 0.25) is 11.8 Å². The number of aromatic nitrogens is 3. The molecule has 258 valence electrons. The molecule has 0 amide bonds. The highest BCUT2D eigenvalue weighted by Gasteiger charge is 2.27. The van der Waals surface area contributed by atoms with Crippen molar-refractivity contribution in [1.82, 2.24) is 14.8 Å². The Kier molecular flexibility index (Phi) is 7.58. The highest BCUT2D eigenvalue weighted by molar-refractivity contribution is 6.09. The van der Waals surface area contributed by atoms with Gasteiger partial charge in [-0.05, 0) is 108 Å². The van der Waals surface area contributed by atoms with Crippen molar-refractivity contribution in [2.24, 2.45) is 0 Å². The molecule has 1 aliphatic carbocycles. The average Bonchev–Trinajstić information content (AvgIpc) is 3.86. The lowest BCUT2D eigenvalue weighted by molar-refractivity contribution is 0.437. The van der Waals surface area contributed by atoms with E-state index in [0.717, 1.165) is 45.4 Å². The summed E-state index contributed by atoms with van der Waals surface area (Å²) in [5, 5.41) is 13.6. The predicted octanol–water partition coefficient (Wildman–Crippen LogP) is 13.0. The van der Waals surface area contributed by atoms with Gasteiger partial charge in [-0.3, -0.25) is 0 Å². The molecule has 5 heteroatoms. The first kappa shape index (κ1) is 31.7. The van der Waals surface area contributed by atoms with Gasteiger partial charge in [0.1, 0.15) is 0 Å². The maximum absolute atomic E-state index is 6.23. The summed E-state index contributed by atoms with van der Waals surface area (Å²) in [5.41, 5.74) is 9.72. The van der Waals surface area contributed by atoms with Gasteiger partial charge in [-0.25, -0.2) is 0 Å². The van der Waals surface area contributed by atoms with E-state index in [2.05, 4.69) is 172 Å². The Labute approximate surface area is 313 Å². The highest BCUT2D eigenvalue weighted by atomic mass is 16.4. The van der Waals surface area contributed by atoms with Crippen LogP contribution in [0.15, 0.2) is 193 Å². The van der Waals surface area contributed by atoms with Gasteiger partial charge in [0, 0.05) is 50.0 Å². The van der Waals surface area contributed by atoms with Gasteiger partial charge in [0.15, 0.2) is 0 Å². The zero-order valence-electron chi connectivity index (χ0n) is 29.8. The first-order valence-electron chi connectivity index (χ1n) is 18.4. The molecule has 0 fully saturated rings. The molecule has 0 N–H and O–H groups in total. The summed E-state index contributed by atoms with van der Waals surface area (Å²) in [4.78, 5) is 2.27. The minimum Gasteiger partial charge on any atom is -0.416 e. The SMILES string of the molecule is CC1(n2c3ccccc3c3cc(-c4ccc(N(c5ccccc5)c5ccc(-c6nnc(-c7cccc8ccccc78)o6)cc5)cc4)ccc32)C=CC=CC1. The molecule has 54 heavy (non-hydrogen) atoms. The molecule has 7 aromatic carbocycles. The number of para-hydroxylation sites is 2. The summed E-state index contributed by atoms with van der Waals surface area (Å²) in [7, 11) is 0. The second-order valence-electron chi connectivity index (χ2n) is 14.1. The van der Waals surface area contributed by atoms with Crippen molar-refractivity contribution in [2.75, 3.05) is 4.90 Å². The molecule has 10 rings (SSSR count). The second-order valence-corrected chi connectivity index (χ2v) is 14.1. The van der Waals surface area contributed by atoms with E-state index < -0.39 is 0 Å². The number of fused-ring (bicyclic) bond motifs is 4. The van der Waals surface area contributed by atoms with Crippen molar-refractivity contribution in [2.45, 2.75) is 18.9 Å². The number of hydrogen-bond acceptors (Lipinski definition) is 4. The van der Waals surface area contributed by atoms with Crippen LogP contribution in [-0.4, -0.2) is 14.8 Å². The van der Waals surface area contributed by atoms with Crippen LogP contribution in [0.5, 0.6) is 0 Å². The van der Waals surface area contributed by atoms with Crippen LogP contribution >= 0.6 is 0 Å². The van der Waals surface area contributed by atoms with Gasteiger partial charge >= 0.3 is 0 Å². The van der Waals surface area contributed by atoms with Crippen LogP contribution in [0, 0.1) is 0 Å². The monoisotopic (exact) mass is 696 g/mol. The third-order valence-electron chi connectivity index (χ3n) is 10.7. The number of benzene rings is 7. The van der Waals surface area contributed by atoms with Gasteiger partial charge in [-0.2, -0.15) is 0 Å². The van der Waals surface area contributed by atoms with Crippen LogP contribution in [0.4, 0.5) is 17.1 Å². The number of rotatable bonds is 7. The van der Waals surface area contributed by atoms with Crippen LogP contribution in [0.1, 0.15) is 13.3 Å². The molecule has 0 saturated carbocycles. The maximum atomic E-state index is 6.23. The summed E-state index contributed by atoms with van der Waals surface area (Å²) in [6, 6.07) is 57.7. The van der Waals surface area contributed by atoms with Crippen LogP contribution in [0.2, 0.25) is 0 Å². The van der Waals surface area contributed by atoms with E-state index in [1.165, 1.54) is 32.9 Å². The molecule has 0 aliphatic heterocycles. The molecule has 0 saturated heterocycles. The van der Waals surface area contributed by atoms with Crippen molar-refractivity contribution >= 4 is 49.6 Å². The molecule has 0 bridgehead atoms. The fourth-order valence-electron chi connectivity index (χ4n) is 8.03.